The van der Waals surface area contributed by atoms with E-state index in [0.29, 0.717) is 6.42 Å². The second kappa shape index (κ2) is 5.11. The lowest BCUT2D eigenvalue weighted by atomic mass is 9.90. The van der Waals surface area contributed by atoms with Crippen LogP contribution in [0.15, 0.2) is 18.2 Å². The van der Waals surface area contributed by atoms with E-state index in [1.807, 2.05) is 19.1 Å². The van der Waals surface area contributed by atoms with Crippen molar-refractivity contribution in [2.75, 3.05) is 5.32 Å². The summed E-state index contributed by atoms with van der Waals surface area (Å²) in [6.45, 7) is 3.71. The number of benzene rings is 1. The average Bonchev–Trinajstić information content (AvgIpc) is 2.39. The maximum Gasteiger partial charge on any atom is 0.244 e. The second-order valence-electron chi connectivity index (χ2n) is 5.38. The molecule has 3 heteroatoms. The molecule has 0 aromatic heterocycles. The van der Waals surface area contributed by atoms with Crippen LogP contribution in [0.25, 0.3) is 0 Å². The van der Waals surface area contributed by atoms with E-state index in [2.05, 4.69) is 11.4 Å². The van der Waals surface area contributed by atoms with Gasteiger partial charge in [0.1, 0.15) is 0 Å². The zero-order chi connectivity index (χ0) is 13.2. The minimum atomic E-state index is -0.794. The maximum atomic E-state index is 12.1. The molecule has 0 saturated carbocycles. The molecule has 1 atom stereocenters. The molecule has 1 aromatic rings. The van der Waals surface area contributed by atoms with E-state index in [0.717, 1.165) is 18.5 Å². The minimum absolute atomic E-state index is 0.0935. The third-order valence-electron chi connectivity index (χ3n) is 3.90. The molecule has 0 fully saturated rings. The molecule has 0 saturated heterocycles. The first-order valence-corrected chi connectivity index (χ1v) is 6.75. The zero-order valence-electron chi connectivity index (χ0n) is 11.3. The molecule has 3 N–H and O–H groups in total. The van der Waals surface area contributed by atoms with Crippen LogP contribution in [-0.4, -0.2) is 11.4 Å². The fourth-order valence-electron chi connectivity index (χ4n) is 2.32. The van der Waals surface area contributed by atoms with Crippen molar-refractivity contribution >= 4 is 11.6 Å². The Kier molecular flexibility index (Phi) is 3.71. The first kappa shape index (κ1) is 13.1. The molecule has 18 heavy (non-hydrogen) atoms. The van der Waals surface area contributed by atoms with Crippen molar-refractivity contribution in [2.45, 2.75) is 51.5 Å². The summed E-state index contributed by atoms with van der Waals surface area (Å²) in [7, 11) is 0. The van der Waals surface area contributed by atoms with Gasteiger partial charge in [0, 0.05) is 5.69 Å². The van der Waals surface area contributed by atoms with Crippen LogP contribution in [0.2, 0.25) is 0 Å². The van der Waals surface area contributed by atoms with Crippen LogP contribution < -0.4 is 11.1 Å². The van der Waals surface area contributed by atoms with Gasteiger partial charge in [-0.25, -0.2) is 0 Å². The van der Waals surface area contributed by atoms with E-state index in [-0.39, 0.29) is 5.91 Å². The quantitative estimate of drug-likeness (QED) is 0.861. The number of nitrogens with one attached hydrogen (secondary N) is 1. The lowest BCUT2D eigenvalue weighted by molar-refractivity contribution is -0.120. The molecule has 1 amide bonds. The largest absolute Gasteiger partial charge is 0.324 e. The van der Waals surface area contributed by atoms with Crippen molar-refractivity contribution < 1.29 is 4.79 Å². The van der Waals surface area contributed by atoms with Crippen molar-refractivity contribution in [3.8, 4) is 0 Å². The van der Waals surface area contributed by atoms with Gasteiger partial charge in [-0.2, -0.15) is 0 Å². The summed E-state index contributed by atoms with van der Waals surface area (Å²) >= 11 is 0. The SMILES string of the molecule is CCC(C)(N)C(=O)Nc1cccc2c1CCCC2. The summed E-state index contributed by atoms with van der Waals surface area (Å²) in [4.78, 5) is 12.1. The summed E-state index contributed by atoms with van der Waals surface area (Å²) in [5.41, 5.74) is 8.79. The van der Waals surface area contributed by atoms with Gasteiger partial charge in [-0.15, -0.1) is 0 Å². The van der Waals surface area contributed by atoms with Crippen LogP contribution in [0, 0.1) is 0 Å². The lowest BCUT2D eigenvalue weighted by Gasteiger charge is -2.24. The minimum Gasteiger partial charge on any atom is -0.324 e. The summed E-state index contributed by atoms with van der Waals surface area (Å²) < 4.78 is 0. The summed E-state index contributed by atoms with van der Waals surface area (Å²) in [5, 5.41) is 3.00. The first-order chi connectivity index (χ1) is 8.54. The molecule has 1 aliphatic carbocycles. The number of nitrogens with two attached hydrogens (primary N) is 1. The average molecular weight is 246 g/mol. The monoisotopic (exact) mass is 246 g/mol. The van der Waals surface area contributed by atoms with Crippen molar-refractivity contribution in [2.24, 2.45) is 5.73 Å². The number of fused-ring (bicyclic) bond motifs is 1. The first-order valence-electron chi connectivity index (χ1n) is 6.75. The van der Waals surface area contributed by atoms with Crippen LogP contribution >= 0.6 is 0 Å². The Morgan fingerprint density at radius 3 is 2.83 bits per heavy atom. The molecule has 1 aliphatic rings. The molecule has 0 heterocycles. The van der Waals surface area contributed by atoms with E-state index in [9.17, 15) is 4.79 Å². The maximum absolute atomic E-state index is 12.1. The molecule has 3 nitrogen and oxygen atoms in total. The molecule has 0 radical (unpaired) electrons. The third kappa shape index (κ3) is 2.56. The molecule has 0 spiro atoms. The number of carbonyl (C=O) groups excluding carboxylic acids is 1. The van der Waals surface area contributed by atoms with E-state index >= 15 is 0 Å². The summed E-state index contributed by atoms with van der Waals surface area (Å²) in [6.07, 6.45) is 5.25. The Bertz CT molecular complexity index is 452. The van der Waals surface area contributed by atoms with E-state index in [4.69, 9.17) is 5.73 Å². The zero-order valence-corrected chi connectivity index (χ0v) is 11.3. The predicted octanol–water partition coefficient (Wildman–Crippen LogP) is 2.63. The van der Waals surface area contributed by atoms with Gasteiger partial charge in [-0.05, 0) is 56.2 Å². The second-order valence-corrected chi connectivity index (χ2v) is 5.38. The number of carbonyl (C=O) groups is 1. The van der Waals surface area contributed by atoms with Gasteiger partial charge in [-0.3, -0.25) is 4.79 Å². The highest BCUT2D eigenvalue weighted by molar-refractivity contribution is 5.98. The van der Waals surface area contributed by atoms with E-state index < -0.39 is 5.54 Å². The van der Waals surface area contributed by atoms with Gasteiger partial charge in [0.15, 0.2) is 0 Å². The van der Waals surface area contributed by atoms with E-state index in [1.165, 1.54) is 24.0 Å². The Morgan fingerprint density at radius 1 is 1.39 bits per heavy atom. The van der Waals surface area contributed by atoms with Crippen LogP contribution in [0.4, 0.5) is 5.69 Å². The highest BCUT2D eigenvalue weighted by Crippen LogP contribution is 2.28. The van der Waals surface area contributed by atoms with Crippen LogP contribution in [0.1, 0.15) is 44.2 Å². The van der Waals surface area contributed by atoms with Gasteiger partial charge in [0.2, 0.25) is 5.91 Å². The molecule has 0 bridgehead atoms. The number of anilines is 1. The molecule has 1 unspecified atom stereocenters. The van der Waals surface area contributed by atoms with Crippen molar-refractivity contribution in [1.29, 1.82) is 0 Å². The Balaban J connectivity index is 2.22. The smallest absolute Gasteiger partial charge is 0.244 e. The predicted molar refractivity (Wildman–Crippen MR) is 74.6 cm³/mol. The summed E-state index contributed by atoms with van der Waals surface area (Å²) in [5.74, 6) is -0.0935. The number of hydrogen-bond donors (Lipinski definition) is 2. The molecule has 2 rings (SSSR count). The van der Waals surface area contributed by atoms with Gasteiger partial charge < -0.3 is 11.1 Å². The molecule has 1 aromatic carbocycles. The Labute approximate surface area is 109 Å². The van der Waals surface area contributed by atoms with Gasteiger partial charge in [0.05, 0.1) is 5.54 Å². The van der Waals surface area contributed by atoms with Crippen LogP contribution in [-0.2, 0) is 17.6 Å². The van der Waals surface area contributed by atoms with Crippen molar-refractivity contribution in [1.82, 2.24) is 0 Å². The van der Waals surface area contributed by atoms with Crippen LogP contribution in [0.3, 0.4) is 0 Å². The van der Waals surface area contributed by atoms with Crippen LogP contribution in [0.5, 0.6) is 0 Å². The number of amides is 1. The molecular formula is C15H22N2O. The fraction of sp³-hybridized carbons (Fsp3) is 0.533. The van der Waals surface area contributed by atoms with Crippen molar-refractivity contribution in [3.05, 3.63) is 29.3 Å². The third-order valence-corrected chi connectivity index (χ3v) is 3.90. The standard InChI is InChI=1S/C15H22N2O/c1-3-15(2,16)14(18)17-13-10-6-8-11-7-4-5-9-12(11)13/h6,8,10H,3-5,7,9,16H2,1-2H3,(H,17,18). The Morgan fingerprint density at radius 2 is 2.11 bits per heavy atom. The normalized spacial score (nSPS) is 17.7. The molecule has 98 valence electrons. The summed E-state index contributed by atoms with van der Waals surface area (Å²) in [6, 6.07) is 6.15. The highest BCUT2D eigenvalue weighted by Gasteiger charge is 2.27. The van der Waals surface area contributed by atoms with Gasteiger partial charge >= 0.3 is 0 Å². The number of aryl methyl sites for hydroxylation is 1. The Hall–Kier alpha value is -1.35. The highest BCUT2D eigenvalue weighted by atomic mass is 16.2. The van der Waals surface area contributed by atoms with Gasteiger partial charge in [0.25, 0.3) is 0 Å². The lowest BCUT2D eigenvalue weighted by Crippen LogP contribution is -2.47. The van der Waals surface area contributed by atoms with Gasteiger partial charge in [-0.1, -0.05) is 19.1 Å². The molecule has 0 aliphatic heterocycles. The number of hydrogen-bond acceptors (Lipinski definition) is 2. The topological polar surface area (TPSA) is 55.1 Å². The number of rotatable bonds is 3. The fourth-order valence-corrected chi connectivity index (χ4v) is 2.32. The van der Waals surface area contributed by atoms with E-state index in [1.54, 1.807) is 6.92 Å². The molecular weight excluding hydrogens is 224 g/mol. The van der Waals surface area contributed by atoms with Crippen molar-refractivity contribution in [3.63, 3.8) is 0 Å².